The molecule has 1 amide bonds. The van der Waals surface area contributed by atoms with Crippen LogP contribution in [0.4, 0.5) is 5.69 Å². The molecule has 0 spiro atoms. The van der Waals surface area contributed by atoms with E-state index in [0.29, 0.717) is 31.7 Å². The van der Waals surface area contributed by atoms with E-state index >= 15 is 0 Å². The molecular formula is C19H22N2O3S2. The quantitative estimate of drug-likeness (QED) is 0.583. The number of nitrogens with one attached hydrogen (secondary N) is 1. The molecule has 7 heteroatoms. The highest BCUT2D eigenvalue weighted by atomic mass is 32.2. The Kier molecular flexibility index (Phi) is 6.01. The van der Waals surface area contributed by atoms with Crippen LogP contribution in [0.2, 0.25) is 0 Å². The number of hydrogen-bond donors (Lipinski definition) is 1. The molecule has 1 heterocycles. The lowest BCUT2D eigenvalue weighted by Crippen LogP contribution is -2.28. The van der Waals surface area contributed by atoms with Crippen LogP contribution in [-0.2, 0) is 21.2 Å². The van der Waals surface area contributed by atoms with E-state index < -0.39 is 10.0 Å². The molecule has 2 aromatic carbocycles. The number of hydrogen-bond acceptors (Lipinski definition) is 4. The second-order valence-corrected chi connectivity index (χ2v) is 8.93. The van der Waals surface area contributed by atoms with Gasteiger partial charge < -0.3 is 4.90 Å². The normalized spacial score (nSPS) is 13.7. The van der Waals surface area contributed by atoms with Crippen LogP contribution in [0.25, 0.3) is 0 Å². The lowest BCUT2D eigenvalue weighted by molar-refractivity contribution is -0.118. The van der Waals surface area contributed by atoms with E-state index in [-0.39, 0.29) is 10.8 Å². The third kappa shape index (κ3) is 4.28. The van der Waals surface area contributed by atoms with Crippen LogP contribution in [-0.4, -0.2) is 33.2 Å². The summed E-state index contributed by atoms with van der Waals surface area (Å²) in [5, 5.41) is 0. The van der Waals surface area contributed by atoms with Gasteiger partial charge in [0.2, 0.25) is 15.9 Å². The van der Waals surface area contributed by atoms with E-state index in [1.54, 1.807) is 34.9 Å². The van der Waals surface area contributed by atoms with Gasteiger partial charge in [-0.25, -0.2) is 13.1 Å². The molecule has 5 nitrogen and oxygen atoms in total. The number of carbonyl (C=O) groups is 1. The lowest BCUT2D eigenvalue weighted by atomic mass is 10.2. The van der Waals surface area contributed by atoms with Crippen molar-refractivity contribution < 1.29 is 13.2 Å². The molecule has 0 aromatic heterocycles. The lowest BCUT2D eigenvalue weighted by Gasteiger charge is -2.16. The molecule has 0 fully saturated rings. The highest BCUT2D eigenvalue weighted by molar-refractivity contribution is 7.99. The van der Waals surface area contributed by atoms with E-state index in [2.05, 4.69) is 4.72 Å². The number of amides is 1. The Balaban J connectivity index is 1.62. The zero-order valence-electron chi connectivity index (χ0n) is 14.6. The molecule has 0 atom stereocenters. The largest absolute Gasteiger partial charge is 0.312 e. The average molecular weight is 391 g/mol. The molecule has 2 aromatic rings. The van der Waals surface area contributed by atoms with Crippen molar-refractivity contribution in [1.29, 1.82) is 0 Å². The summed E-state index contributed by atoms with van der Waals surface area (Å²) in [5.41, 5.74) is 1.74. The standard InChI is InChI=1S/C19H22N2O3S2/c1-2-19(22)21-12-10-15-14-17(8-9-18(15)21)26(23,24)20-11-13-25-16-6-4-3-5-7-16/h3-9,14,20H,2,10-13H2,1H3. The van der Waals surface area contributed by atoms with Gasteiger partial charge in [0, 0.05) is 35.8 Å². The van der Waals surface area contributed by atoms with Gasteiger partial charge in [0.1, 0.15) is 0 Å². The maximum atomic E-state index is 12.5. The number of sulfonamides is 1. The van der Waals surface area contributed by atoms with Crippen molar-refractivity contribution in [2.24, 2.45) is 0 Å². The molecular weight excluding hydrogens is 368 g/mol. The number of carbonyl (C=O) groups excluding carboxylic acids is 1. The predicted molar refractivity (Wildman–Crippen MR) is 105 cm³/mol. The summed E-state index contributed by atoms with van der Waals surface area (Å²) in [6.07, 6.45) is 1.13. The van der Waals surface area contributed by atoms with Crippen LogP contribution < -0.4 is 9.62 Å². The maximum Gasteiger partial charge on any atom is 0.240 e. The molecule has 1 aliphatic rings. The molecule has 0 bridgehead atoms. The molecule has 1 N–H and O–H groups in total. The average Bonchev–Trinajstić information content (AvgIpc) is 3.09. The van der Waals surface area contributed by atoms with Crippen LogP contribution in [0.1, 0.15) is 18.9 Å². The van der Waals surface area contributed by atoms with Gasteiger partial charge in [-0.3, -0.25) is 4.79 Å². The zero-order valence-corrected chi connectivity index (χ0v) is 16.3. The van der Waals surface area contributed by atoms with Crippen molar-refractivity contribution in [3.8, 4) is 0 Å². The molecule has 0 saturated heterocycles. The van der Waals surface area contributed by atoms with Gasteiger partial charge >= 0.3 is 0 Å². The fourth-order valence-electron chi connectivity index (χ4n) is 2.94. The van der Waals surface area contributed by atoms with Gasteiger partial charge in [-0.05, 0) is 42.3 Å². The minimum atomic E-state index is -3.55. The van der Waals surface area contributed by atoms with Gasteiger partial charge in [-0.15, -0.1) is 11.8 Å². The Morgan fingerprint density at radius 1 is 1.19 bits per heavy atom. The first-order valence-corrected chi connectivity index (χ1v) is 11.1. The van der Waals surface area contributed by atoms with E-state index in [1.165, 1.54) is 0 Å². The maximum absolute atomic E-state index is 12.5. The number of thioether (sulfide) groups is 1. The third-order valence-electron chi connectivity index (χ3n) is 4.27. The van der Waals surface area contributed by atoms with Crippen LogP contribution in [0, 0.1) is 0 Å². The van der Waals surface area contributed by atoms with E-state index in [4.69, 9.17) is 0 Å². The zero-order chi connectivity index (χ0) is 18.6. The highest BCUT2D eigenvalue weighted by Gasteiger charge is 2.25. The molecule has 0 saturated carbocycles. The summed E-state index contributed by atoms with van der Waals surface area (Å²) in [6, 6.07) is 14.9. The van der Waals surface area contributed by atoms with Gasteiger partial charge in [-0.2, -0.15) is 0 Å². The SMILES string of the molecule is CCC(=O)N1CCc2cc(S(=O)(=O)NCCSc3ccccc3)ccc21. The summed E-state index contributed by atoms with van der Waals surface area (Å²) in [4.78, 5) is 15.0. The minimum absolute atomic E-state index is 0.0652. The predicted octanol–water partition coefficient (Wildman–Crippen LogP) is 3.06. The van der Waals surface area contributed by atoms with Crippen LogP contribution in [0.5, 0.6) is 0 Å². The summed E-state index contributed by atoms with van der Waals surface area (Å²) in [6.45, 7) is 2.81. The van der Waals surface area contributed by atoms with E-state index in [9.17, 15) is 13.2 Å². The van der Waals surface area contributed by atoms with Crippen molar-refractivity contribution in [2.45, 2.75) is 29.6 Å². The number of nitrogens with zero attached hydrogens (tertiary/aromatic N) is 1. The Morgan fingerprint density at radius 3 is 2.69 bits per heavy atom. The fourth-order valence-corrected chi connectivity index (χ4v) is 4.94. The van der Waals surface area contributed by atoms with Crippen LogP contribution in [0.3, 0.4) is 0 Å². The van der Waals surface area contributed by atoms with Crippen molar-refractivity contribution in [1.82, 2.24) is 4.72 Å². The summed E-state index contributed by atoms with van der Waals surface area (Å²) >= 11 is 1.61. The molecule has 138 valence electrons. The van der Waals surface area contributed by atoms with E-state index in [0.717, 1.165) is 16.1 Å². The molecule has 0 aliphatic carbocycles. The second-order valence-electron chi connectivity index (χ2n) is 6.00. The first-order chi connectivity index (χ1) is 12.5. The molecule has 0 unspecified atom stereocenters. The van der Waals surface area contributed by atoms with Crippen molar-refractivity contribution in [3.63, 3.8) is 0 Å². The van der Waals surface area contributed by atoms with Gasteiger partial charge in [0.05, 0.1) is 4.90 Å². The van der Waals surface area contributed by atoms with Gasteiger partial charge in [0.15, 0.2) is 0 Å². The fraction of sp³-hybridized carbons (Fsp3) is 0.316. The monoisotopic (exact) mass is 390 g/mol. The Labute approximate surface area is 158 Å². The van der Waals surface area contributed by atoms with Gasteiger partial charge in [0.25, 0.3) is 0 Å². The topological polar surface area (TPSA) is 66.5 Å². The summed E-state index contributed by atoms with van der Waals surface area (Å²) in [7, 11) is -3.55. The van der Waals surface area contributed by atoms with Crippen LogP contribution >= 0.6 is 11.8 Å². The number of benzene rings is 2. The second kappa shape index (κ2) is 8.24. The summed E-state index contributed by atoms with van der Waals surface area (Å²) < 4.78 is 27.7. The molecule has 3 rings (SSSR count). The van der Waals surface area contributed by atoms with E-state index in [1.807, 2.05) is 37.3 Å². The summed E-state index contributed by atoms with van der Waals surface area (Å²) in [5.74, 6) is 0.725. The number of fused-ring (bicyclic) bond motifs is 1. The Bertz CT molecular complexity index is 883. The molecule has 0 radical (unpaired) electrons. The first-order valence-electron chi connectivity index (χ1n) is 8.62. The first kappa shape index (κ1) is 18.9. The van der Waals surface area contributed by atoms with Crippen molar-refractivity contribution in [2.75, 3.05) is 23.7 Å². The Hall–Kier alpha value is -1.83. The third-order valence-corrected chi connectivity index (χ3v) is 6.74. The van der Waals surface area contributed by atoms with Crippen LogP contribution in [0.15, 0.2) is 58.3 Å². The minimum Gasteiger partial charge on any atom is -0.312 e. The highest BCUT2D eigenvalue weighted by Crippen LogP contribution is 2.30. The molecule has 26 heavy (non-hydrogen) atoms. The number of anilines is 1. The van der Waals surface area contributed by atoms with Crippen molar-refractivity contribution >= 4 is 33.4 Å². The Morgan fingerprint density at radius 2 is 1.96 bits per heavy atom. The number of rotatable bonds is 7. The van der Waals surface area contributed by atoms with Crippen molar-refractivity contribution in [3.05, 3.63) is 54.1 Å². The smallest absolute Gasteiger partial charge is 0.240 e. The van der Waals surface area contributed by atoms with Gasteiger partial charge in [-0.1, -0.05) is 25.1 Å². The molecule has 1 aliphatic heterocycles.